The molecule has 1 N–H and O–H groups in total. The number of nitrogens with zero attached hydrogens (tertiary/aromatic N) is 2. The number of aryl methyl sites for hydroxylation is 2. The molecular formula is C17H23N3. The summed E-state index contributed by atoms with van der Waals surface area (Å²) >= 11 is 0. The minimum atomic E-state index is 0.912. The number of benzene rings is 1. The van der Waals surface area contributed by atoms with E-state index in [2.05, 4.69) is 55.3 Å². The molecule has 106 valence electrons. The van der Waals surface area contributed by atoms with Crippen molar-refractivity contribution in [2.45, 2.75) is 40.0 Å². The number of anilines is 1. The van der Waals surface area contributed by atoms with Crippen LogP contribution in [-0.4, -0.2) is 17.0 Å². The van der Waals surface area contributed by atoms with Gasteiger partial charge in [-0.15, -0.1) is 0 Å². The van der Waals surface area contributed by atoms with Gasteiger partial charge in [0, 0.05) is 24.6 Å². The van der Waals surface area contributed by atoms with Crippen LogP contribution in [0.3, 0.4) is 0 Å². The van der Waals surface area contributed by atoms with E-state index in [1.165, 1.54) is 5.56 Å². The first-order chi connectivity index (χ1) is 9.69. The maximum atomic E-state index is 4.75. The zero-order chi connectivity index (χ0) is 14.5. The standard InChI is InChI=1S/C17H23N3/c1-5-7-15-19-16(12(3)17(18-4)20-15)14-10-8-13(6-2)9-11-14/h8-11H,5-7H2,1-4H3,(H,18,19,20). The highest BCUT2D eigenvalue weighted by atomic mass is 15.0. The van der Waals surface area contributed by atoms with Gasteiger partial charge in [-0.1, -0.05) is 38.1 Å². The van der Waals surface area contributed by atoms with Gasteiger partial charge in [0.25, 0.3) is 0 Å². The molecule has 1 aromatic heterocycles. The van der Waals surface area contributed by atoms with Crippen molar-refractivity contribution in [3.05, 3.63) is 41.2 Å². The van der Waals surface area contributed by atoms with E-state index in [1.54, 1.807) is 0 Å². The summed E-state index contributed by atoms with van der Waals surface area (Å²) in [6, 6.07) is 8.66. The van der Waals surface area contributed by atoms with Crippen LogP contribution in [-0.2, 0) is 12.8 Å². The molecule has 3 heteroatoms. The van der Waals surface area contributed by atoms with Crippen LogP contribution in [0.4, 0.5) is 5.82 Å². The van der Waals surface area contributed by atoms with Crippen LogP contribution in [0.5, 0.6) is 0 Å². The maximum absolute atomic E-state index is 4.75. The number of hydrogen-bond acceptors (Lipinski definition) is 3. The van der Waals surface area contributed by atoms with Crippen molar-refractivity contribution in [1.29, 1.82) is 0 Å². The molecule has 3 nitrogen and oxygen atoms in total. The highest BCUT2D eigenvalue weighted by molar-refractivity contribution is 5.68. The first-order valence-corrected chi connectivity index (χ1v) is 7.34. The van der Waals surface area contributed by atoms with E-state index in [9.17, 15) is 0 Å². The maximum Gasteiger partial charge on any atom is 0.132 e. The van der Waals surface area contributed by atoms with Gasteiger partial charge in [0.1, 0.15) is 11.6 Å². The molecule has 0 aliphatic heterocycles. The third-order valence-corrected chi connectivity index (χ3v) is 3.54. The first kappa shape index (κ1) is 14.5. The fourth-order valence-corrected chi connectivity index (χ4v) is 2.32. The van der Waals surface area contributed by atoms with Crippen LogP contribution in [0.15, 0.2) is 24.3 Å². The van der Waals surface area contributed by atoms with Gasteiger partial charge in [-0.3, -0.25) is 0 Å². The Morgan fingerprint density at radius 2 is 1.75 bits per heavy atom. The summed E-state index contributed by atoms with van der Waals surface area (Å²) in [5.74, 6) is 1.84. The molecule has 0 amide bonds. The topological polar surface area (TPSA) is 37.8 Å². The van der Waals surface area contributed by atoms with Crippen LogP contribution < -0.4 is 5.32 Å². The van der Waals surface area contributed by atoms with Gasteiger partial charge >= 0.3 is 0 Å². The predicted octanol–water partition coefficient (Wildman–Crippen LogP) is 4.01. The van der Waals surface area contributed by atoms with E-state index in [1.807, 2.05) is 7.05 Å². The van der Waals surface area contributed by atoms with Gasteiger partial charge < -0.3 is 5.32 Å². The molecule has 0 saturated carbocycles. The Bertz CT molecular complexity index is 574. The molecule has 0 aliphatic rings. The second-order valence-corrected chi connectivity index (χ2v) is 5.01. The molecule has 2 aromatic rings. The quantitative estimate of drug-likeness (QED) is 0.891. The van der Waals surface area contributed by atoms with Gasteiger partial charge in [-0.25, -0.2) is 9.97 Å². The largest absolute Gasteiger partial charge is 0.373 e. The summed E-state index contributed by atoms with van der Waals surface area (Å²) < 4.78 is 0. The molecular weight excluding hydrogens is 246 g/mol. The zero-order valence-electron chi connectivity index (χ0n) is 12.8. The van der Waals surface area contributed by atoms with E-state index in [0.29, 0.717) is 0 Å². The van der Waals surface area contributed by atoms with Crippen molar-refractivity contribution in [3.63, 3.8) is 0 Å². The summed E-state index contributed by atoms with van der Waals surface area (Å²) in [5.41, 5.74) is 4.66. The van der Waals surface area contributed by atoms with Gasteiger partial charge in [-0.05, 0) is 25.3 Å². The number of hydrogen-bond donors (Lipinski definition) is 1. The van der Waals surface area contributed by atoms with Crippen molar-refractivity contribution in [1.82, 2.24) is 9.97 Å². The highest BCUT2D eigenvalue weighted by Gasteiger charge is 2.11. The van der Waals surface area contributed by atoms with Crippen LogP contribution >= 0.6 is 0 Å². The molecule has 1 heterocycles. The molecule has 0 radical (unpaired) electrons. The molecule has 20 heavy (non-hydrogen) atoms. The summed E-state index contributed by atoms with van der Waals surface area (Å²) in [5, 5.41) is 3.18. The van der Waals surface area contributed by atoms with E-state index < -0.39 is 0 Å². The Morgan fingerprint density at radius 3 is 2.30 bits per heavy atom. The molecule has 0 spiro atoms. The van der Waals surface area contributed by atoms with Crippen LogP contribution in [0.1, 0.15) is 37.2 Å². The normalized spacial score (nSPS) is 10.6. The van der Waals surface area contributed by atoms with Crippen molar-refractivity contribution < 1.29 is 0 Å². The fourth-order valence-electron chi connectivity index (χ4n) is 2.32. The van der Waals surface area contributed by atoms with Crippen LogP contribution in [0.2, 0.25) is 0 Å². The Hall–Kier alpha value is -1.90. The lowest BCUT2D eigenvalue weighted by molar-refractivity contribution is 0.834. The lowest BCUT2D eigenvalue weighted by Gasteiger charge is -2.12. The Labute approximate surface area is 121 Å². The van der Waals surface area contributed by atoms with Crippen molar-refractivity contribution in [2.24, 2.45) is 0 Å². The molecule has 0 saturated heterocycles. The molecule has 0 atom stereocenters. The monoisotopic (exact) mass is 269 g/mol. The first-order valence-electron chi connectivity index (χ1n) is 7.34. The molecule has 1 aromatic carbocycles. The Kier molecular flexibility index (Phi) is 4.72. The van der Waals surface area contributed by atoms with Gasteiger partial charge in [0.05, 0.1) is 5.69 Å². The number of aromatic nitrogens is 2. The molecule has 0 fully saturated rings. The molecule has 0 bridgehead atoms. The average Bonchev–Trinajstić information content (AvgIpc) is 2.49. The van der Waals surface area contributed by atoms with E-state index >= 15 is 0 Å². The average molecular weight is 269 g/mol. The van der Waals surface area contributed by atoms with Gasteiger partial charge in [-0.2, -0.15) is 0 Å². The Balaban J connectivity index is 2.49. The van der Waals surface area contributed by atoms with Crippen LogP contribution in [0.25, 0.3) is 11.3 Å². The third kappa shape index (κ3) is 2.98. The lowest BCUT2D eigenvalue weighted by Crippen LogP contribution is -2.05. The van der Waals surface area contributed by atoms with E-state index in [4.69, 9.17) is 4.98 Å². The van der Waals surface area contributed by atoms with Crippen molar-refractivity contribution in [3.8, 4) is 11.3 Å². The summed E-state index contributed by atoms with van der Waals surface area (Å²) in [6.07, 6.45) is 3.03. The minimum Gasteiger partial charge on any atom is -0.373 e. The van der Waals surface area contributed by atoms with Crippen LogP contribution in [0, 0.1) is 6.92 Å². The predicted molar refractivity (Wildman–Crippen MR) is 85.1 cm³/mol. The fraction of sp³-hybridized carbons (Fsp3) is 0.412. The van der Waals surface area contributed by atoms with Gasteiger partial charge in [0.2, 0.25) is 0 Å². The van der Waals surface area contributed by atoms with E-state index in [0.717, 1.165) is 47.7 Å². The smallest absolute Gasteiger partial charge is 0.132 e. The zero-order valence-corrected chi connectivity index (χ0v) is 12.8. The van der Waals surface area contributed by atoms with Crippen molar-refractivity contribution in [2.75, 3.05) is 12.4 Å². The Morgan fingerprint density at radius 1 is 1.05 bits per heavy atom. The molecule has 2 rings (SSSR count). The minimum absolute atomic E-state index is 0.912. The highest BCUT2D eigenvalue weighted by Crippen LogP contribution is 2.26. The lowest BCUT2D eigenvalue weighted by atomic mass is 10.0. The third-order valence-electron chi connectivity index (χ3n) is 3.54. The number of rotatable bonds is 5. The SMILES string of the molecule is CCCc1nc(NC)c(C)c(-c2ccc(CC)cc2)n1. The summed E-state index contributed by atoms with van der Waals surface area (Å²) in [4.78, 5) is 9.32. The summed E-state index contributed by atoms with van der Waals surface area (Å²) in [6.45, 7) is 6.39. The second-order valence-electron chi connectivity index (χ2n) is 5.01. The summed E-state index contributed by atoms with van der Waals surface area (Å²) in [7, 11) is 1.91. The van der Waals surface area contributed by atoms with Gasteiger partial charge in [0.15, 0.2) is 0 Å². The van der Waals surface area contributed by atoms with E-state index in [-0.39, 0.29) is 0 Å². The number of nitrogens with one attached hydrogen (secondary N) is 1. The molecule has 0 unspecified atom stereocenters. The second kappa shape index (κ2) is 6.51. The molecule has 0 aliphatic carbocycles. The van der Waals surface area contributed by atoms with Crippen molar-refractivity contribution >= 4 is 5.82 Å².